The molecule has 0 aromatic heterocycles. The predicted molar refractivity (Wildman–Crippen MR) is 157 cm³/mol. The topological polar surface area (TPSA) is 76.7 Å². The molecule has 1 aliphatic heterocycles. The highest BCUT2D eigenvalue weighted by molar-refractivity contribution is 9.10. The van der Waals surface area contributed by atoms with E-state index >= 15 is 0 Å². The second-order valence-corrected chi connectivity index (χ2v) is 11.5. The first kappa shape index (κ1) is 27.4. The fraction of sp³-hybridized carbons (Fsp3) is 0.303. The van der Waals surface area contributed by atoms with E-state index in [4.69, 9.17) is 4.74 Å². The van der Waals surface area contributed by atoms with Crippen molar-refractivity contribution in [3.8, 4) is 11.8 Å². The van der Waals surface area contributed by atoms with Crippen LogP contribution < -0.4 is 4.74 Å². The smallest absolute Gasteiger partial charge is 0.126 e. The highest BCUT2D eigenvalue weighted by atomic mass is 79.9. The van der Waals surface area contributed by atoms with Crippen LogP contribution in [0.5, 0.6) is 5.75 Å². The summed E-state index contributed by atoms with van der Waals surface area (Å²) < 4.78 is 6.73. The second kappa shape index (κ2) is 11.1. The molecule has 39 heavy (non-hydrogen) atoms. The number of para-hydroxylation sites is 1. The number of aliphatic hydroxyl groups is 2. The van der Waals surface area contributed by atoms with Crippen LogP contribution in [0.2, 0.25) is 0 Å². The number of nitrogens with zero attached hydrogens (tertiary/aromatic N) is 2. The van der Waals surface area contributed by atoms with E-state index < -0.39 is 23.2 Å². The summed E-state index contributed by atoms with van der Waals surface area (Å²) in [6.45, 7) is 2.75. The maximum absolute atomic E-state index is 12.0. The number of methoxy groups -OCH3 is 1. The minimum atomic E-state index is -1.23. The van der Waals surface area contributed by atoms with Crippen molar-refractivity contribution >= 4 is 26.7 Å². The van der Waals surface area contributed by atoms with Gasteiger partial charge in [0.25, 0.3) is 0 Å². The van der Waals surface area contributed by atoms with Gasteiger partial charge in [-0.1, -0.05) is 88.7 Å². The van der Waals surface area contributed by atoms with E-state index in [-0.39, 0.29) is 0 Å². The van der Waals surface area contributed by atoms with Crippen LogP contribution >= 0.6 is 15.9 Å². The van der Waals surface area contributed by atoms with Gasteiger partial charge in [-0.2, -0.15) is 5.26 Å². The zero-order chi connectivity index (χ0) is 27.6. The van der Waals surface area contributed by atoms with Gasteiger partial charge >= 0.3 is 0 Å². The molecule has 5 nitrogen and oxygen atoms in total. The number of hydrogen-bond donors (Lipinski definition) is 2. The van der Waals surface area contributed by atoms with Crippen LogP contribution in [0.4, 0.5) is 0 Å². The summed E-state index contributed by atoms with van der Waals surface area (Å²) in [5.41, 5.74) is 0.473. The molecular weight excluding hydrogens is 552 g/mol. The maximum Gasteiger partial charge on any atom is 0.126 e. The summed E-state index contributed by atoms with van der Waals surface area (Å²) in [7, 11) is 1.63. The lowest BCUT2D eigenvalue weighted by molar-refractivity contribution is -0.113. The fourth-order valence-electron chi connectivity index (χ4n) is 6.06. The van der Waals surface area contributed by atoms with Crippen LogP contribution in [-0.4, -0.2) is 41.5 Å². The minimum Gasteiger partial charge on any atom is -0.496 e. The van der Waals surface area contributed by atoms with Crippen LogP contribution in [-0.2, 0) is 5.60 Å². The van der Waals surface area contributed by atoms with Crippen LogP contribution in [0.15, 0.2) is 95.5 Å². The molecule has 1 saturated heterocycles. The Kier molecular flexibility index (Phi) is 7.80. The molecule has 0 aliphatic carbocycles. The zero-order valence-electron chi connectivity index (χ0n) is 22.2. The third kappa shape index (κ3) is 5.08. The molecule has 4 aromatic rings. The average molecular weight is 586 g/mol. The quantitative estimate of drug-likeness (QED) is 0.257. The Morgan fingerprint density at radius 1 is 0.923 bits per heavy atom. The molecule has 2 N–H and O–H groups in total. The van der Waals surface area contributed by atoms with Crippen LogP contribution in [0, 0.1) is 16.7 Å². The molecule has 1 heterocycles. The van der Waals surface area contributed by atoms with Gasteiger partial charge in [0, 0.05) is 29.0 Å². The molecular formula is C33H33BrN2O3. The highest BCUT2D eigenvalue weighted by Crippen LogP contribution is 2.49. The number of fused-ring (bicyclic) bond motifs is 1. The number of halogens is 1. The first-order chi connectivity index (χ1) is 18.8. The molecule has 0 radical (unpaired) electrons. The van der Waals surface area contributed by atoms with Gasteiger partial charge in [-0.05, 0) is 59.9 Å². The number of ether oxygens (including phenoxy) is 1. The summed E-state index contributed by atoms with van der Waals surface area (Å²) in [6, 6.07) is 32.3. The van der Waals surface area contributed by atoms with Crippen molar-refractivity contribution < 1.29 is 14.9 Å². The lowest BCUT2D eigenvalue weighted by Crippen LogP contribution is -2.54. The van der Waals surface area contributed by atoms with Gasteiger partial charge < -0.3 is 14.9 Å². The standard InChI is InChI=1S/C33H33BrN2O3/c1-32(22-35,31(37)36-20-18-33(38,19-21-36)24-14-16-25(34)17-15-24)30(28-11-5-6-13-29(28)39-2)27-12-7-9-23-8-3-4-10-26(23)27/h3-17,30-31,37-38H,18-21H2,1-2H3/t30-,31?,32+/m0/s1. The zero-order valence-corrected chi connectivity index (χ0v) is 23.8. The van der Waals surface area contributed by atoms with E-state index in [1.807, 2.05) is 84.6 Å². The highest BCUT2D eigenvalue weighted by Gasteiger charge is 2.48. The molecule has 3 atom stereocenters. The second-order valence-electron chi connectivity index (χ2n) is 10.6. The lowest BCUT2D eigenvalue weighted by Gasteiger charge is -2.46. The van der Waals surface area contributed by atoms with Gasteiger partial charge in [-0.25, -0.2) is 0 Å². The summed E-state index contributed by atoms with van der Waals surface area (Å²) in [6.07, 6.45) is -0.160. The monoisotopic (exact) mass is 584 g/mol. The summed E-state index contributed by atoms with van der Waals surface area (Å²) in [5.74, 6) is 0.194. The first-order valence-electron chi connectivity index (χ1n) is 13.2. The van der Waals surface area contributed by atoms with Crippen LogP contribution in [0.25, 0.3) is 10.8 Å². The van der Waals surface area contributed by atoms with E-state index in [1.54, 1.807) is 7.11 Å². The van der Waals surface area contributed by atoms with Gasteiger partial charge in [0.2, 0.25) is 0 Å². The normalized spacial score (nSPS) is 18.6. The van der Waals surface area contributed by atoms with Gasteiger partial charge in [0.15, 0.2) is 0 Å². The number of aliphatic hydroxyl groups excluding tert-OH is 1. The number of likely N-dealkylation sites (tertiary alicyclic amines) is 1. The van der Waals surface area contributed by atoms with E-state index in [2.05, 4.69) is 40.2 Å². The molecule has 5 rings (SSSR count). The van der Waals surface area contributed by atoms with Gasteiger partial charge in [0.05, 0.1) is 18.8 Å². The van der Waals surface area contributed by atoms with Crippen molar-refractivity contribution in [1.82, 2.24) is 4.90 Å². The number of rotatable bonds is 7. The molecule has 1 aliphatic rings. The SMILES string of the molecule is COc1ccccc1[C@H](c1cccc2ccccc12)[C@@](C)(C#N)C(O)N1CCC(O)(c2ccc(Br)cc2)CC1. The largest absolute Gasteiger partial charge is 0.496 e. The summed E-state index contributed by atoms with van der Waals surface area (Å²) >= 11 is 3.46. The Morgan fingerprint density at radius 3 is 2.23 bits per heavy atom. The fourth-order valence-corrected chi connectivity index (χ4v) is 6.32. The van der Waals surface area contributed by atoms with Crippen molar-refractivity contribution in [2.24, 2.45) is 5.41 Å². The molecule has 0 spiro atoms. The third-order valence-corrected chi connectivity index (χ3v) is 8.84. The molecule has 0 saturated carbocycles. The van der Waals surface area contributed by atoms with Crippen LogP contribution in [0.1, 0.15) is 42.4 Å². The average Bonchev–Trinajstić information content (AvgIpc) is 2.98. The Hall–Kier alpha value is -3.21. The Bertz CT molecular complexity index is 1490. The first-order valence-corrected chi connectivity index (χ1v) is 14.0. The molecule has 4 aromatic carbocycles. The number of piperidine rings is 1. The Labute approximate surface area is 238 Å². The van der Waals surface area contributed by atoms with E-state index in [1.165, 1.54) is 0 Å². The Balaban J connectivity index is 1.54. The molecule has 1 unspecified atom stereocenters. The minimum absolute atomic E-state index is 0.458. The summed E-state index contributed by atoms with van der Waals surface area (Å²) in [5, 5.41) is 36.3. The van der Waals surface area contributed by atoms with Crippen molar-refractivity contribution in [1.29, 1.82) is 5.26 Å². The molecule has 200 valence electrons. The Morgan fingerprint density at radius 2 is 1.54 bits per heavy atom. The maximum atomic E-state index is 12.0. The number of hydrogen-bond acceptors (Lipinski definition) is 5. The van der Waals surface area contributed by atoms with Gasteiger partial charge in [-0.3, -0.25) is 4.90 Å². The number of benzene rings is 4. The molecule has 0 amide bonds. The van der Waals surface area contributed by atoms with Gasteiger partial charge in [0.1, 0.15) is 17.4 Å². The summed E-state index contributed by atoms with van der Waals surface area (Å²) in [4.78, 5) is 1.93. The molecule has 1 fully saturated rings. The van der Waals surface area contributed by atoms with Crippen LogP contribution in [0.3, 0.4) is 0 Å². The predicted octanol–water partition coefficient (Wildman–Crippen LogP) is 6.57. The van der Waals surface area contributed by atoms with E-state index in [9.17, 15) is 15.5 Å². The van der Waals surface area contributed by atoms with Gasteiger partial charge in [-0.15, -0.1) is 0 Å². The van der Waals surface area contributed by atoms with Crippen molar-refractivity contribution in [2.75, 3.05) is 20.2 Å². The van der Waals surface area contributed by atoms with Crippen molar-refractivity contribution in [3.05, 3.63) is 112 Å². The lowest BCUT2D eigenvalue weighted by atomic mass is 9.67. The third-order valence-electron chi connectivity index (χ3n) is 8.31. The van der Waals surface area contributed by atoms with Crippen molar-refractivity contribution in [3.63, 3.8) is 0 Å². The van der Waals surface area contributed by atoms with E-state index in [0.29, 0.717) is 31.7 Å². The number of nitriles is 1. The molecule has 6 heteroatoms. The van der Waals surface area contributed by atoms with Crippen molar-refractivity contribution in [2.45, 2.75) is 37.5 Å². The van der Waals surface area contributed by atoms with E-state index in [0.717, 1.165) is 31.9 Å². The molecule has 0 bridgehead atoms.